The Balaban J connectivity index is 1.36. The zero-order valence-electron chi connectivity index (χ0n) is 15.6. The Morgan fingerprint density at radius 3 is 2.07 bits per heavy atom. The van der Waals surface area contributed by atoms with Gasteiger partial charge in [-0.25, -0.2) is 4.90 Å². The van der Waals surface area contributed by atoms with E-state index >= 15 is 0 Å². The SMILES string of the molecule is O=C(Nc1ccc2nccnc2c1)c1ccc(N2C(=O)c3ccccc3C2=O)cc1. The fraction of sp³-hybridized carbons (Fsp3) is 0. The number of nitrogens with one attached hydrogen (secondary N) is 1. The lowest BCUT2D eigenvalue weighted by atomic mass is 10.1. The van der Waals surface area contributed by atoms with Crippen molar-refractivity contribution in [1.29, 1.82) is 0 Å². The molecule has 0 saturated carbocycles. The molecule has 1 aromatic heterocycles. The minimum atomic E-state index is -0.370. The quantitative estimate of drug-likeness (QED) is 0.535. The van der Waals surface area contributed by atoms with Crippen molar-refractivity contribution in [2.75, 3.05) is 10.2 Å². The summed E-state index contributed by atoms with van der Waals surface area (Å²) in [5.74, 6) is -1.05. The Bertz CT molecular complexity index is 1300. The highest BCUT2D eigenvalue weighted by Crippen LogP contribution is 2.28. The van der Waals surface area contributed by atoms with E-state index in [0.29, 0.717) is 33.6 Å². The molecule has 0 radical (unpaired) electrons. The van der Waals surface area contributed by atoms with E-state index in [1.807, 2.05) is 0 Å². The first kappa shape index (κ1) is 17.7. The van der Waals surface area contributed by atoms with Gasteiger partial charge in [0.05, 0.1) is 27.8 Å². The zero-order chi connectivity index (χ0) is 20.7. The molecule has 5 rings (SSSR count). The molecule has 1 aliphatic heterocycles. The van der Waals surface area contributed by atoms with Crippen molar-refractivity contribution in [2.24, 2.45) is 0 Å². The molecule has 0 atom stereocenters. The van der Waals surface area contributed by atoms with Crippen LogP contribution in [0.2, 0.25) is 0 Å². The molecule has 1 N–H and O–H groups in total. The highest BCUT2D eigenvalue weighted by Gasteiger charge is 2.36. The Morgan fingerprint density at radius 2 is 1.40 bits per heavy atom. The molecule has 0 aliphatic carbocycles. The minimum absolute atomic E-state index is 0.313. The van der Waals surface area contributed by atoms with Crippen molar-refractivity contribution in [2.45, 2.75) is 0 Å². The summed E-state index contributed by atoms with van der Waals surface area (Å²) in [4.78, 5) is 47.3. The molecule has 3 amide bonds. The first-order valence-electron chi connectivity index (χ1n) is 9.22. The molecule has 7 nitrogen and oxygen atoms in total. The number of fused-ring (bicyclic) bond motifs is 2. The van der Waals surface area contributed by atoms with E-state index in [2.05, 4.69) is 15.3 Å². The molecule has 1 aliphatic rings. The number of benzene rings is 3. The molecule has 2 heterocycles. The fourth-order valence-electron chi connectivity index (χ4n) is 3.43. The van der Waals surface area contributed by atoms with Crippen molar-refractivity contribution >= 4 is 40.1 Å². The molecule has 0 unspecified atom stereocenters. The Morgan fingerprint density at radius 1 is 0.767 bits per heavy atom. The van der Waals surface area contributed by atoms with Crippen LogP contribution in [0.15, 0.2) is 79.1 Å². The van der Waals surface area contributed by atoms with Gasteiger partial charge in [0.25, 0.3) is 17.7 Å². The van der Waals surface area contributed by atoms with Gasteiger partial charge < -0.3 is 5.32 Å². The first-order valence-corrected chi connectivity index (χ1v) is 9.22. The van der Waals surface area contributed by atoms with Gasteiger partial charge in [-0.05, 0) is 54.6 Å². The molecule has 0 bridgehead atoms. The molecule has 0 saturated heterocycles. The normalized spacial score (nSPS) is 12.9. The van der Waals surface area contributed by atoms with Gasteiger partial charge in [0, 0.05) is 23.6 Å². The summed E-state index contributed by atoms with van der Waals surface area (Å²) in [5.41, 5.74) is 3.58. The number of amides is 3. The lowest BCUT2D eigenvalue weighted by Crippen LogP contribution is -2.29. The number of carbonyl (C=O) groups excluding carboxylic acids is 3. The van der Waals surface area contributed by atoms with Crippen molar-refractivity contribution in [3.05, 3.63) is 95.8 Å². The Labute approximate surface area is 171 Å². The van der Waals surface area contributed by atoms with Gasteiger partial charge in [-0.3, -0.25) is 24.4 Å². The first-order chi connectivity index (χ1) is 14.6. The number of anilines is 2. The van der Waals surface area contributed by atoms with Crippen LogP contribution in [0.3, 0.4) is 0 Å². The van der Waals surface area contributed by atoms with Gasteiger partial charge in [0.15, 0.2) is 0 Å². The van der Waals surface area contributed by atoms with Gasteiger partial charge in [-0.15, -0.1) is 0 Å². The second kappa shape index (κ2) is 6.89. The predicted molar refractivity (Wildman–Crippen MR) is 112 cm³/mol. The zero-order valence-corrected chi connectivity index (χ0v) is 15.6. The third-order valence-electron chi connectivity index (χ3n) is 4.91. The van der Waals surface area contributed by atoms with Gasteiger partial charge in [-0.1, -0.05) is 12.1 Å². The van der Waals surface area contributed by atoms with E-state index in [0.717, 1.165) is 10.4 Å². The van der Waals surface area contributed by atoms with Crippen molar-refractivity contribution < 1.29 is 14.4 Å². The Hall–Kier alpha value is -4.39. The summed E-state index contributed by atoms with van der Waals surface area (Å²) in [7, 11) is 0. The summed E-state index contributed by atoms with van der Waals surface area (Å²) >= 11 is 0. The van der Waals surface area contributed by atoms with E-state index in [1.165, 1.54) is 0 Å². The van der Waals surface area contributed by atoms with Crippen LogP contribution in [-0.4, -0.2) is 27.7 Å². The number of aromatic nitrogens is 2. The molecule has 7 heteroatoms. The lowest BCUT2D eigenvalue weighted by Gasteiger charge is -2.14. The molecule has 0 spiro atoms. The summed E-state index contributed by atoms with van der Waals surface area (Å²) < 4.78 is 0. The number of carbonyl (C=O) groups is 3. The van der Waals surface area contributed by atoms with E-state index in [4.69, 9.17) is 0 Å². The van der Waals surface area contributed by atoms with Gasteiger partial charge in [0.2, 0.25) is 0 Å². The molecule has 30 heavy (non-hydrogen) atoms. The molecule has 144 valence electrons. The van der Waals surface area contributed by atoms with E-state index in [9.17, 15) is 14.4 Å². The second-order valence-electron chi connectivity index (χ2n) is 6.75. The predicted octanol–water partition coefficient (Wildman–Crippen LogP) is 3.68. The molecule has 4 aromatic rings. The molecular formula is C23H14N4O3. The third kappa shape index (κ3) is 2.89. The van der Waals surface area contributed by atoms with Crippen LogP contribution in [0.5, 0.6) is 0 Å². The summed E-state index contributed by atoms with van der Waals surface area (Å²) in [6, 6.07) is 18.3. The van der Waals surface area contributed by atoms with Gasteiger partial charge >= 0.3 is 0 Å². The number of nitrogens with zero attached hydrogens (tertiary/aromatic N) is 3. The number of hydrogen-bond donors (Lipinski definition) is 1. The fourth-order valence-corrected chi connectivity index (χ4v) is 3.43. The number of hydrogen-bond acceptors (Lipinski definition) is 5. The van der Waals surface area contributed by atoms with E-state index < -0.39 is 0 Å². The van der Waals surface area contributed by atoms with Crippen molar-refractivity contribution in [3.8, 4) is 0 Å². The van der Waals surface area contributed by atoms with E-state index in [1.54, 1.807) is 79.1 Å². The van der Waals surface area contributed by atoms with Crippen LogP contribution >= 0.6 is 0 Å². The average Bonchev–Trinajstić information content (AvgIpc) is 3.04. The maximum atomic E-state index is 12.6. The maximum absolute atomic E-state index is 12.6. The summed E-state index contributed by atoms with van der Waals surface area (Å²) in [6.07, 6.45) is 3.20. The van der Waals surface area contributed by atoms with Crippen LogP contribution in [0.25, 0.3) is 11.0 Å². The third-order valence-corrected chi connectivity index (χ3v) is 4.91. The number of rotatable bonds is 3. The van der Waals surface area contributed by atoms with Gasteiger partial charge in [-0.2, -0.15) is 0 Å². The Kier molecular flexibility index (Phi) is 4.07. The topological polar surface area (TPSA) is 92.3 Å². The van der Waals surface area contributed by atoms with Crippen LogP contribution < -0.4 is 10.2 Å². The van der Waals surface area contributed by atoms with Crippen molar-refractivity contribution in [3.63, 3.8) is 0 Å². The van der Waals surface area contributed by atoms with E-state index in [-0.39, 0.29) is 17.7 Å². The minimum Gasteiger partial charge on any atom is -0.322 e. The smallest absolute Gasteiger partial charge is 0.266 e. The second-order valence-corrected chi connectivity index (χ2v) is 6.75. The van der Waals surface area contributed by atoms with Crippen LogP contribution in [0, 0.1) is 0 Å². The highest BCUT2D eigenvalue weighted by molar-refractivity contribution is 6.34. The largest absolute Gasteiger partial charge is 0.322 e. The number of imide groups is 1. The monoisotopic (exact) mass is 394 g/mol. The standard InChI is InChI=1S/C23H14N4O3/c28-21(26-15-7-10-19-20(13-15)25-12-11-24-19)14-5-8-16(9-6-14)27-22(29)17-3-1-2-4-18(17)23(27)30/h1-13H,(H,26,28). The summed E-state index contributed by atoms with van der Waals surface area (Å²) in [5, 5.41) is 2.82. The molecular weight excluding hydrogens is 380 g/mol. The van der Waals surface area contributed by atoms with Crippen LogP contribution in [-0.2, 0) is 0 Å². The molecule has 0 fully saturated rings. The van der Waals surface area contributed by atoms with Crippen LogP contribution in [0.4, 0.5) is 11.4 Å². The van der Waals surface area contributed by atoms with Crippen LogP contribution in [0.1, 0.15) is 31.1 Å². The maximum Gasteiger partial charge on any atom is 0.266 e. The molecule has 3 aromatic carbocycles. The summed E-state index contributed by atoms with van der Waals surface area (Å²) in [6.45, 7) is 0. The lowest BCUT2D eigenvalue weighted by molar-refractivity contribution is 0.0925. The van der Waals surface area contributed by atoms with Crippen molar-refractivity contribution in [1.82, 2.24) is 9.97 Å². The highest BCUT2D eigenvalue weighted by atomic mass is 16.2. The van der Waals surface area contributed by atoms with Gasteiger partial charge in [0.1, 0.15) is 0 Å². The average molecular weight is 394 g/mol.